The van der Waals surface area contributed by atoms with Gasteiger partial charge < -0.3 is 5.32 Å². The van der Waals surface area contributed by atoms with Crippen LogP contribution in [0.1, 0.15) is 0 Å². The van der Waals surface area contributed by atoms with Crippen molar-refractivity contribution in [3.63, 3.8) is 0 Å². The SMILES string of the molecule is O=C(CSc1nc2ncccn2n1)Nc1c(Cl)c(Cl)cc(Cl)c1Cl. The molecule has 2 heterocycles. The van der Waals surface area contributed by atoms with E-state index < -0.39 is 0 Å². The molecule has 0 saturated heterocycles. The molecule has 0 aliphatic rings. The van der Waals surface area contributed by atoms with Gasteiger partial charge in [-0.2, -0.15) is 4.98 Å². The minimum absolute atomic E-state index is 0.0493. The van der Waals surface area contributed by atoms with Crippen LogP contribution in [-0.2, 0) is 4.79 Å². The van der Waals surface area contributed by atoms with Crippen LogP contribution in [0.2, 0.25) is 20.1 Å². The average molecular weight is 423 g/mol. The number of benzene rings is 1. The summed E-state index contributed by atoms with van der Waals surface area (Å²) in [5, 5.41) is 7.84. The van der Waals surface area contributed by atoms with Crippen molar-refractivity contribution in [1.82, 2.24) is 19.6 Å². The maximum Gasteiger partial charge on any atom is 0.253 e. The highest BCUT2D eigenvalue weighted by Crippen LogP contribution is 2.41. The summed E-state index contributed by atoms with van der Waals surface area (Å²) in [6.07, 6.45) is 3.32. The fraction of sp³-hybridized carbons (Fsp3) is 0.0769. The van der Waals surface area contributed by atoms with Crippen LogP contribution in [0.5, 0.6) is 0 Å². The van der Waals surface area contributed by atoms with Gasteiger partial charge in [-0.3, -0.25) is 4.79 Å². The third-order valence-electron chi connectivity index (χ3n) is 2.81. The molecule has 0 fully saturated rings. The molecule has 2 aromatic heterocycles. The van der Waals surface area contributed by atoms with E-state index in [-0.39, 0.29) is 37.4 Å². The number of thioether (sulfide) groups is 1. The molecule has 1 amide bonds. The van der Waals surface area contributed by atoms with E-state index in [2.05, 4.69) is 20.4 Å². The Bertz CT molecular complexity index is 873. The first-order valence-electron chi connectivity index (χ1n) is 6.38. The number of amides is 1. The lowest BCUT2D eigenvalue weighted by molar-refractivity contribution is -0.113. The minimum atomic E-state index is -0.353. The largest absolute Gasteiger partial charge is 0.323 e. The summed E-state index contributed by atoms with van der Waals surface area (Å²) in [5.74, 6) is 0.148. The van der Waals surface area contributed by atoms with E-state index in [4.69, 9.17) is 46.4 Å². The Morgan fingerprint density at radius 1 is 1.21 bits per heavy atom. The van der Waals surface area contributed by atoms with Crippen LogP contribution in [0.4, 0.5) is 5.69 Å². The zero-order chi connectivity index (χ0) is 17.3. The van der Waals surface area contributed by atoms with Gasteiger partial charge >= 0.3 is 0 Å². The second-order valence-electron chi connectivity index (χ2n) is 4.44. The van der Waals surface area contributed by atoms with Gasteiger partial charge in [0.25, 0.3) is 5.78 Å². The van der Waals surface area contributed by atoms with E-state index in [0.29, 0.717) is 10.9 Å². The second-order valence-corrected chi connectivity index (χ2v) is 6.95. The van der Waals surface area contributed by atoms with E-state index in [1.54, 1.807) is 18.5 Å². The Morgan fingerprint density at radius 3 is 2.58 bits per heavy atom. The van der Waals surface area contributed by atoms with Crippen LogP contribution in [0.3, 0.4) is 0 Å². The number of hydrogen-bond donors (Lipinski definition) is 1. The van der Waals surface area contributed by atoms with Crippen LogP contribution in [0, 0.1) is 0 Å². The molecule has 1 N–H and O–H groups in total. The molecular formula is C13H7Cl4N5OS. The first-order valence-corrected chi connectivity index (χ1v) is 8.88. The van der Waals surface area contributed by atoms with E-state index in [1.165, 1.54) is 10.6 Å². The number of nitrogens with one attached hydrogen (secondary N) is 1. The number of rotatable bonds is 4. The van der Waals surface area contributed by atoms with Crippen molar-refractivity contribution in [2.24, 2.45) is 0 Å². The predicted molar refractivity (Wildman–Crippen MR) is 96.6 cm³/mol. The third kappa shape index (κ3) is 3.70. The number of anilines is 1. The fourth-order valence-electron chi connectivity index (χ4n) is 1.76. The molecule has 0 saturated carbocycles. The van der Waals surface area contributed by atoms with Gasteiger partial charge in [0.1, 0.15) is 0 Å². The highest BCUT2D eigenvalue weighted by molar-refractivity contribution is 7.99. The van der Waals surface area contributed by atoms with E-state index in [0.717, 1.165) is 11.8 Å². The lowest BCUT2D eigenvalue weighted by Gasteiger charge is -2.11. The van der Waals surface area contributed by atoms with Crippen LogP contribution in [0.25, 0.3) is 5.78 Å². The molecule has 0 unspecified atom stereocenters. The van der Waals surface area contributed by atoms with Gasteiger partial charge in [0.05, 0.1) is 31.5 Å². The molecule has 24 heavy (non-hydrogen) atoms. The van der Waals surface area contributed by atoms with Crippen molar-refractivity contribution in [2.45, 2.75) is 5.16 Å². The van der Waals surface area contributed by atoms with Gasteiger partial charge in [0.2, 0.25) is 11.1 Å². The Kier molecular flexibility index (Phi) is 5.36. The summed E-state index contributed by atoms with van der Waals surface area (Å²) >= 11 is 25.1. The second kappa shape index (κ2) is 7.33. The Hall–Kier alpha value is -1.25. The Balaban J connectivity index is 1.70. The highest BCUT2D eigenvalue weighted by Gasteiger charge is 2.17. The molecule has 3 rings (SSSR count). The number of carbonyl (C=O) groups excluding carboxylic acids is 1. The van der Waals surface area contributed by atoms with Crippen LogP contribution >= 0.6 is 58.2 Å². The fourth-order valence-corrected chi connectivity index (χ4v) is 3.29. The van der Waals surface area contributed by atoms with Crippen LogP contribution in [-0.4, -0.2) is 31.2 Å². The van der Waals surface area contributed by atoms with Crippen molar-refractivity contribution in [2.75, 3.05) is 11.1 Å². The quantitative estimate of drug-likeness (QED) is 0.496. The summed E-state index contributed by atoms with van der Waals surface area (Å²) in [6, 6.07) is 3.14. The molecular weight excluding hydrogens is 416 g/mol. The summed E-state index contributed by atoms with van der Waals surface area (Å²) in [6.45, 7) is 0. The number of hydrogen-bond acceptors (Lipinski definition) is 5. The zero-order valence-electron chi connectivity index (χ0n) is 11.6. The van der Waals surface area contributed by atoms with E-state index >= 15 is 0 Å². The predicted octanol–water partition coefficient (Wildman–Crippen LogP) is 4.47. The van der Waals surface area contributed by atoms with E-state index in [9.17, 15) is 4.79 Å². The lowest BCUT2D eigenvalue weighted by Crippen LogP contribution is -2.15. The summed E-state index contributed by atoms with van der Waals surface area (Å²) in [4.78, 5) is 20.3. The topological polar surface area (TPSA) is 72.2 Å². The molecule has 0 radical (unpaired) electrons. The van der Waals surface area contributed by atoms with Gasteiger partial charge in [-0.25, -0.2) is 9.50 Å². The number of carbonyl (C=O) groups is 1. The first kappa shape index (κ1) is 17.6. The lowest BCUT2D eigenvalue weighted by atomic mass is 10.3. The van der Waals surface area contributed by atoms with Crippen molar-refractivity contribution in [3.05, 3.63) is 44.6 Å². The van der Waals surface area contributed by atoms with Crippen molar-refractivity contribution >= 4 is 75.5 Å². The molecule has 0 bridgehead atoms. The normalized spacial score (nSPS) is 11.0. The van der Waals surface area contributed by atoms with Crippen molar-refractivity contribution in [1.29, 1.82) is 0 Å². The van der Waals surface area contributed by atoms with Crippen molar-refractivity contribution in [3.8, 4) is 0 Å². The summed E-state index contributed by atoms with van der Waals surface area (Å²) in [5.41, 5.74) is 0.172. The summed E-state index contributed by atoms with van der Waals surface area (Å²) < 4.78 is 1.52. The van der Waals surface area contributed by atoms with Gasteiger partial charge in [-0.05, 0) is 12.1 Å². The summed E-state index contributed by atoms with van der Waals surface area (Å²) in [7, 11) is 0. The number of nitrogens with zero attached hydrogens (tertiary/aromatic N) is 4. The molecule has 0 atom stereocenters. The van der Waals surface area contributed by atoms with Gasteiger partial charge in [-0.1, -0.05) is 58.2 Å². The molecule has 3 aromatic rings. The van der Waals surface area contributed by atoms with Crippen LogP contribution < -0.4 is 5.32 Å². The molecule has 6 nitrogen and oxygen atoms in total. The maximum absolute atomic E-state index is 12.1. The molecule has 124 valence electrons. The van der Waals surface area contributed by atoms with E-state index in [1.807, 2.05) is 0 Å². The minimum Gasteiger partial charge on any atom is -0.323 e. The first-order chi connectivity index (χ1) is 11.5. The molecule has 0 aliphatic carbocycles. The van der Waals surface area contributed by atoms with Gasteiger partial charge in [0, 0.05) is 12.4 Å². The highest BCUT2D eigenvalue weighted by atomic mass is 35.5. The number of aromatic nitrogens is 4. The Morgan fingerprint density at radius 2 is 1.92 bits per heavy atom. The number of fused-ring (bicyclic) bond motifs is 1. The number of halogens is 4. The molecule has 0 aliphatic heterocycles. The molecule has 1 aromatic carbocycles. The zero-order valence-corrected chi connectivity index (χ0v) is 15.5. The van der Waals surface area contributed by atoms with Crippen molar-refractivity contribution < 1.29 is 4.79 Å². The Labute approximate surface area is 160 Å². The standard InChI is InChI=1S/C13H7Cl4N5OS/c14-6-4-7(15)10(17)11(9(6)16)19-8(23)5-24-13-20-12-18-2-1-3-22(12)21-13/h1-4H,5H2,(H,19,23). The van der Waals surface area contributed by atoms with Gasteiger partial charge in [0.15, 0.2) is 0 Å². The monoisotopic (exact) mass is 421 g/mol. The average Bonchev–Trinajstić information content (AvgIpc) is 2.98. The molecule has 0 spiro atoms. The maximum atomic E-state index is 12.1. The molecule has 11 heteroatoms. The third-order valence-corrected chi connectivity index (χ3v) is 5.22. The van der Waals surface area contributed by atoms with Crippen LogP contribution in [0.15, 0.2) is 29.7 Å². The van der Waals surface area contributed by atoms with Gasteiger partial charge in [-0.15, -0.1) is 5.10 Å². The smallest absolute Gasteiger partial charge is 0.253 e.